The Morgan fingerprint density at radius 3 is 2.55 bits per heavy atom. The molecule has 66 valence electrons. The molecule has 0 rings (SSSR count). The van der Waals surface area contributed by atoms with Crippen molar-refractivity contribution in [2.45, 2.75) is 19.8 Å². The second-order valence-electron chi connectivity index (χ2n) is 2.55. The molecule has 0 aliphatic heterocycles. The Labute approximate surface area is 67.3 Å². The maximum absolute atomic E-state index is 8.62. The molecule has 5 N–H and O–H groups in total. The molecule has 0 radical (unpaired) electrons. The van der Waals surface area contributed by atoms with Gasteiger partial charge in [0.15, 0.2) is 5.96 Å². The first kappa shape index (κ1) is 10.2. The summed E-state index contributed by atoms with van der Waals surface area (Å²) in [5.74, 6) is 0.531. The second kappa shape index (κ2) is 5.97. The molecular formula is C7H17N3O. The van der Waals surface area contributed by atoms with E-state index in [1.807, 2.05) is 0 Å². The fraction of sp³-hybridized carbons (Fsp3) is 0.857. The van der Waals surface area contributed by atoms with Crippen molar-refractivity contribution in [1.82, 2.24) is 0 Å². The van der Waals surface area contributed by atoms with E-state index in [9.17, 15) is 0 Å². The molecule has 0 saturated carbocycles. The maximum atomic E-state index is 8.62. The highest BCUT2D eigenvalue weighted by Crippen LogP contribution is 2.06. The Bertz CT molecular complexity index is 121. The summed E-state index contributed by atoms with van der Waals surface area (Å²) in [4.78, 5) is 3.88. The zero-order valence-corrected chi connectivity index (χ0v) is 6.95. The quantitative estimate of drug-likeness (QED) is 0.379. The van der Waals surface area contributed by atoms with Crippen LogP contribution in [0.3, 0.4) is 0 Å². The van der Waals surface area contributed by atoms with Gasteiger partial charge in [-0.15, -0.1) is 0 Å². The molecule has 0 aliphatic rings. The topological polar surface area (TPSA) is 84.6 Å². The van der Waals surface area contributed by atoms with Crippen molar-refractivity contribution in [2.24, 2.45) is 22.4 Å². The Hall–Kier alpha value is -0.770. The molecule has 4 heteroatoms. The van der Waals surface area contributed by atoms with E-state index >= 15 is 0 Å². The molecule has 1 atom stereocenters. The van der Waals surface area contributed by atoms with Crippen molar-refractivity contribution >= 4 is 5.96 Å². The largest absolute Gasteiger partial charge is 0.396 e. The number of aliphatic imine (C=N–C) groups is 1. The zero-order valence-electron chi connectivity index (χ0n) is 6.95. The molecule has 0 aromatic carbocycles. The minimum absolute atomic E-state index is 0.126. The average molecular weight is 159 g/mol. The molecule has 0 fully saturated rings. The highest BCUT2D eigenvalue weighted by Gasteiger charge is 2.03. The third-order valence-electron chi connectivity index (χ3n) is 1.65. The van der Waals surface area contributed by atoms with Gasteiger partial charge in [0, 0.05) is 13.2 Å². The smallest absolute Gasteiger partial charge is 0.185 e. The molecule has 0 aliphatic carbocycles. The van der Waals surface area contributed by atoms with Crippen molar-refractivity contribution in [1.29, 1.82) is 0 Å². The van der Waals surface area contributed by atoms with Crippen molar-refractivity contribution in [2.75, 3.05) is 13.2 Å². The number of aliphatic hydroxyl groups excluding tert-OH is 1. The van der Waals surface area contributed by atoms with Gasteiger partial charge in [-0.3, -0.25) is 4.99 Å². The minimum atomic E-state index is 0.126. The van der Waals surface area contributed by atoms with Gasteiger partial charge < -0.3 is 16.6 Å². The molecule has 0 bridgehead atoms. The van der Waals surface area contributed by atoms with E-state index in [1.54, 1.807) is 0 Å². The predicted octanol–water partition coefficient (Wildman–Crippen LogP) is -0.332. The lowest BCUT2D eigenvalue weighted by atomic mass is 10.0. The maximum Gasteiger partial charge on any atom is 0.185 e. The minimum Gasteiger partial charge on any atom is -0.396 e. The van der Waals surface area contributed by atoms with E-state index in [4.69, 9.17) is 16.6 Å². The Kier molecular flexibility index (Phi) is 5.56. The van der Waals surface area contributed by atoms with Gasteiger partial charge in [-0.2, -0.15) is 0 Å². The number of nitrogens with zero attached hydrogens (tertiary/aromatic N) is 1. The first-order valence-corrected chi connectivity index (χ1v) is 3.87. The molecular weight excluding hydrogens is 142 g/mol. The van der Waals surface area contributed by atoms with Crippen LogP contribution in [0.5, 0.6) is 0 Å². The van der Waals surface area contributed by atoms with Crippen molar-refractivity contribution in [3.8, 4) is 0 Å². The predicted molar refractivity (Wildman–Crippen MR) is 46.2 cm³/mol. The van der Waals surface area contributed by atoms with Gasteiger partial charge in [-0.25, -0.2) is 0 Å². The molecule has 0 heterocycles. The Morgan fingerprint density at radius 1 is 1.55 bits per heavy atom. The lowest BCUT2D eigenvalue weighted by molar-refractivity contribution is 0.256. The summed E-state index contributed by atoms with van der Waals surface area (Å²) in [6.07, 6.45) is 1.77. The third-order valence-corrected chi connectivity index (χ3v) is 1.65. The number of rotatable bonds is 5. The van der Waals surface area contributed by atoms with E-state index in [1.165, 1.54) is 0 Å². The van der Waals surface area contributed by atoms with Crippen LogP contribution in [0.4, 0.5) is 0 Å². The number of guanidine groups is 1. The summed E-state index contributed by atoms with van der Waals surface area (Å²) in [5, 5.41) is 8.62. The molecule has 11 heavy (non-hydrogen) atoms. The summed E-state index contributed by atoms with van der Waals surface area (Å²) in [7, 11) is 0. The Balaban J connectivity index is 3.60. The first-order valence-electron chi connectivity index (χ1n) is 3.87. The summed E-state index contributed by atoms with van der Waals surface area (Å²) >= 11 is 0. The first-order chi connectivity index (χ1) is 5.20. The third kappa shape index (κ3) is 5.66. The number of hydrogen-bond donors (Lipinski definition) is 3. The van der Waals surface area contributed by atoms with Crippen LogP contribution in [0.2, 0.25) is 0 Å². The SMILES string of the molecule is CCC(CCO)CN=C(N)N. The van der Waals surface area contributed by atoms with Gasteiger partial charge in [0.1, 0.15) is 0 Å². The fourth-order valence-electron chi connectivity index (χ4n) is 0.842. The standard InChI is InChI=1S/C7H17N3O/c1-2-6(3-4-11)5-10-7(8)9/h6,11H,2-5H2,1H3,(H4,8,9,10). The van der Waals surface area contributed by atoms with Gasteiger partial charge >= 0.3 is 0 Å². The second-order valence-corrected chi connectivity index (χ2v) is 2.55. The Morgan fingerprint density at radius 2 is 2.18 bits per heavy atom. The summed E-state index contributed by atoms with van der Waals surface area (Å²) in [6, 6.07) is 0. The number of aliphatic hydroxyl groups is 1. The van der Waals surface area contributed by atoms with E-state index in [-0.39, 0.29) is 12.6 Å². The monoisotopic (exact) mass is 159 g/mol. The molecule has 0 saturated heterocycles. The lowest BCUT2D eigenvalue weighted by Crippen LogP contribution is -2.24. The van der Waals surface area contributed by atoms with E-state index in [2.05, 4.69) is 11.9 Å². The molecule has 1 unspecified atom stereocenters. The van der Waals surface area contributed by atoms with Crippen molar-refractivity contribution < 1.29 is 5.11 Å². The number of nitrogens with two attached hydrogens (primary N) is 2. The highest BCUT2D eigenvalue weighted by atomic mass is 16.3. The van der Waals surface area contributed by atoms with E-state index in [0.717, 1.165) is 12.8 Å². The summed E-state index contributed by atoms with van der Waals surface area (Å²) < 4.78 is 0. The van der Waals surface area contributed by atoms with Crippen LogP contribution in [0, 0.1) is 5.92 Å². The molecule has 0 spiro atoms. The lowest BCUT2D eigenvalue weighted by Gasteiger charge is -2.09. The molecule has 0 aromatic rings. The average Bonchev–Trinajstić information content (AvgIpc) is 1.97. The fourth-order valence-corrected chi connectivity index (χ4v) is 0.842. The summed E-state index contributed by atoms with van der Waals surface area (Å²) in [6.45, 7) is 2.89. The van der Waals surface area contributed by atoms with Crippen LogP contribution in [0.15, 0.2) is 4.99 Å². The van der Waals surface area contributed by atoms with E-state index in [0.29, 0.717) is 12.5 Å². The van der Waals surface area contributed by atoms with Crippen LogP contribution >= 0.6 is 0 Å². The number of hydrogen-bond acceptors (Lipinski definition) is 2. The highest BCUT2D eigenvalue weighted by molar-refractivity contribution is 5.75. The zero-order chi connectivity index (χ0) is 8.69. The van der Waals surface area contributed by atoms with Crippen LogP contribution in [-0.4, -0.2) is 24.2 Å². The van der Waals surface area contributed by atoms with Crippen molar-refractivity contribution in [3.63, 3.8) is 0 Å². The van der Waals surface area contributed by atoms with Crippen LogP contribution in [0.25, 0.3) is 0 Å². The summed E-state index contributed by atoms with van der Waals surface area (Å²) in [5.41, 5.74) is 10.3. The van der Waals surface area contributed by atoms with Gasteiger partial charge in [0.05, 0.1) is 0 Å². The molecule has 4 nitrogen and oxygen atoms in total. The van der Waals surface area contributed by atoms with Gasteiger partial charge in [0.25, 0.3) is 0 Å². The van der Waals surface area contributed by atoms with E-state index < -0.39 is 0 Å². The normalized spacial score (nSPS) is 12.5. The van der Waals surface area contributed by atoms with Crippen LogP contribution in [-0.2, 0) is 0 Å². The van der Waals surface area contributed by atoms with Crippen LogP contribution in [0.1, 0.15) is 19.8 Å². The van der Waals surface area contributed by atoms with Crippen LogP contribution < -0.4 is 11.5 Å². The van der Waals surface area contributed by atoms with Gasteiger partial charge in [0.2, 0.25) is 0 Å². The van der Waals surface area contributed by atoms with Gasteiger partial charge in [-0.05, 0) is 12.3 Å². The van der Waals surface area contributed by atoms with Crippen molar-refractivity contribution in [3.05, 3.63) is 0 Å². The molecule has 0 aromatic heterocycles. The van der Waals surface area contributed by atoms with Gasteiger partial charge in [-0.1, -0.05) is 13.3 Å². The molecule has 0 amide bonds.